The lowest BCUT2D eigenvalue weighted by Crippen LogP contribution is -2.33. The maximum atomic E-state index is 10.9. The molecule has 0 spiro atoms. The van der Waals surface area contributed by atoms with Gasteiger partial charge in [0.25, 0.3) is 0 Å². The Morgan fingerprint density at radius 2 is 2.00 bits per heavy atom. The second-order valence-electron chi connectivity index (χ2n) is 2.55. The molecule has 0 aromatic heterocycles. The van der Waals surface area contributed by atoms with Crippen LogP contribution in [0.4, 0.5) is 0 Å². The van der Waals surface area contributed by atoms with Crippen molar-refractivity contribution in [2.45, 2.75) is 26.1 Å². The zero-order valence-corrected chi connectivity index (χ0v) is 9.61. The van der Waals surface area contributed by atoms with Crippen LogP contribution < -0.4 is 0 Å². The van der Waals surface area contributed by atoms with Crippen molar-refractivity contribution in [2.75, 3.05) is 11.9 Å². The van der Waals surface area contributed by atoms with Crippen molar-refractivity contribution in [3.8, 4) is 0 Å². The van der Waals surface area contributed by atoms with Crippen molar-refractivity contribution in [3.05, 3.63) is 0 Å². The Hall–Kier alpha value is -0.620. The van der Waals surface area contributed by atoms with Crippen LogP contribution in [0.15, 0.2) is 0 Å². The first-order valence-electron chi connectivity index (χ1n) is 4.14. The van der Waals surface area contributed by atoms with Crippen LogP contribution in [0.1, 0.15) is 13.8 Å². The van der Waals surface area contributed by atoms with E-state index in [4.69, 9.17) is 0 Å². The third-order valence-electron chi connectivity index (χ3n) is 1.43. The van der Waals surface area contributed by atoms with Gasteiger partial charge in [0, 0.05) is 5.33 Å². The van der Waals surface area contributed by atoms with Gasteiger partial charge in [-0.3, -0.25) is 0 Å². The Morgan fingerprint density at radius 1 is 1.43 bits per heavy atom. The molecule has 2 unspecified atom stereocenters. The van der Waals surface area contributed by atoms with Gasteiger partial charge in [0.1, 0.15) is 12.2 Å². The third kappa shape index (κ3) is 4.57. The highest BCUT2D eigenvalue weighted by molar-refractivity contribution is 9.09. The van der Waals surface area contributed by atoms with Crippen molar-refractivity contribution in [2.24, 2.45) is 0 Å². The number of aliphatic hydroxyl groups is 1. The van der Waals surface area contributed by atoms with Gasteiger partial charge < -0.3 is 14.6 Å². The zero-order chi connectivity index (χ0) is 11.1. The Labute approximate surface area is 90.5 Å². The van der Waals surface area contributed by atoms with Crippen LogP contribution in [0.3, 0.4) is 0 Å². The summed E-state index contributed by atoms with van der Waals surface area (Å²) in [5.74, 6) is -2.12. The quantitative estimate of drug-likeness (QED) is 0.449. The molecule has 0 aliphatic carbocycles. The molecule has 1 N–H and O–H groups in total. The summed E-state index contributed by atoms with van der Waals surface area (Å²) >= 11 is 3.02. The lowest BCUT2D eigenvalue weighted by molar-refractivity contribution is -0.172. The molecule has 0 aliphatic heterocycles. The van der Waals surface area contributed by atoms with Crippen molar-refractivity contribution < 1.29 is 24.2 Å². The van der Waals surface area contributed by atoms with Gasteiger partial charge in [-0.1, -0.05) is 15.9 Å². The number of hydrogen-bond donors (Lipinski definition) is 1. The number of halogens is 1. The zero-order valence-electron chi connectivity index (χ0n) is 8.03. The van der Waals surface area contributed by atoms with E-state index in [9.17, 15) is 14.7 Å². The highest BCUT2D eigenvalue weighted by Crippen LogP contribution is 2.02. The van der Waals surface area contributed by atoms with Crippen LogP contribution in [0.5, 0.6) is 0 Å². The van der Waals surface area contributed by atoms with Gasteiger partial charge in [0.15, 0.2) is 0 Å². The van der Waals surface area contributed by atoms with E-state index < -0.39 is 24.1 Å². The minimum Gasteiger partial charge on any atom is -0.458 e. The summed E-state index contributed by atoms with van der Waals surface area (Å²) in [5, 5.41) is 9.48. The average Bonchev–Trinajstić information content (AvgIpc) is 2.16. The summed E-state index contributed by atoms with van der Waals surface area (Å²) in [5.41, 5.74) is 0. The standard InChI is InChI=1S/C8H13BrO5/c1-3-13-7(11)8(12)14-5(2)6(10)4-9/h5-6,10H,3-4H2,1-2H3. The van der Waals surface area contributed by atoms with Crippen LogP contribution in [0, 0.1) is 0 Å². The molecule has 0 heterocycles. The van der Waals surface area contributed by atoms with E-state index in [1.807, 2.05) is 0 Å². The number of hydrogen-bond acceptors (Lipinski definition) is 5. The van der Waals surface area contributed by atoms with Gasteiger partial charge in [-0.05, 0) is 13.8 Å². The van der Waals surface area contributed by atoms with Gasteiger partial charge in [0.2, 0.25) is 0 Å². The van der Waals surface area contributed by atoms with Gasteiger partial charge in [-0.25, -0.2) is 9.59 Å². The van der Waals surface area contributed by atoms with Gasteiger partial charge >= 0.3 is 11.9 Å². The first-order valence-corrected chi connectivity index (χ1v) is 5.26. The smallest absolute Gasteiger partial charge is 0.417 e. The number of esters is 2. The second-order valence-corrected chi connectivity index (χ2v) is 3.20. The molecule has 6 heteroatoms. The monoisotopic (exact) mass is 268 g/mol. The predicted octanol–water partition coefficient (Wildman–Crippen LogP) is 0.237. The molecule has 0 radical (unpaired) electrons. The van der Waals surface area contributed by atoms with E-state index in [1.165, 1.54) is 6.92 Å². The van der Waals surface area contributed by atoms with E-state index in [0.717, 1.165) is 0 Å². The summed E-state index contributed by atoms with van der Waals surface area (Å²) in [7, 11) is 0. The largest absolute Gasteiger partial charge is 0.458 e. The van der Waals surface area contributed by atoms with E-state index >= 15 is 0 Å². The molecule has 0 fully saturated rings. The van der Waals surface area contributed by atoms with E-state index in [0.29, 0.717) is 0 Å². The summed E-state index contributed by atoms with van der Waals surface area (Å²) in [6.45, 7) is 3.19. The molecule has 14 heavy (non-hydrogen) atoms. The van der Waals surface area contributed by atoms with Crippen molar-refractivity contribution in [3.63, 3.8) is 0 Å². The van der Waals surface area contributed by atoms with Crippen molar-refractivity contribution in [1.82, 2.24) is 0 Å². The molecule has 5 nitrogen and oxygen atoms in total. The Bertz CT molecular complexity index is 206. The van der Waals surface area contributed by atoms with Gasteiger partial charge in [0.05, 0.1) is 6.61 Å². The topological polar surface area (TPSA) is 72.8 Å². The fourth-order valence-corrected chi connectivity index (χ4v) is 1.14. The number of ether oxygens (including phenoxy) is 2. The first kappa shape index (κ1) is 13.4. The number of rotatable bonds is 4. The molecule has 0 aliphatic rings. The molecule has 0 amide bonds. The minimum absolute atomic E-state index is 0.114. The summed E-state index contributed by atoms with van der Waals surface area (Å²) in [4.78, 5) is 21.7. The van der Waals surface area contributed by atoms with Crippen LogP contribution in [-0.2, 0) is 19.1 Å². The molecule has 82 valence electrons. The van der Waals surface area contributed by atoms with Gasteiger partial charge in [-0.2, -0.15) is 0 Å². The maximum Gasteiger partial charge on any atom is 0.417 e. The van der Waals surface area contributed by atoms with E-state index in [-0.39, 0.29) is 11.9 Å². The first-order chi connectivity index (χ1) is 6.52. The average molecular weight is 269 g/mol. The summed E-state index contributed by atoms with van der Waals surface area (Å²) < 4.78 is 9.03. The number of alkyl halides is 1. The van der Waals surface area contributed by atoms with Crippen LogP contribution in [-0.4, -0.2) is 41.2 Å². The summed E-state index contributed by atoms with van der Waals surface area (Å²) in [6.07, 6.45) is -1.58. The predicted molar refractivity (Wildman–Crippen MR) is 52.0 cm³/mol. The number of carbonyl (C=O) groups excluding carboxylic acids is 2. The molecule has 2 atom stereocenters. The van der Waals surface area contributed by atoms with Crippen LogP contribution in [0.2, 0.25) is 0 Å². The fraction of sp³-hybridized carbons (Fsp3) is 0.750. The Kier molecular flexibility index (Phi) is 6.48. The molecule has 0 aromatic rings. The maximum absolute atomic E-state index is 10.9. The molecule has 0 saturated heterocycles. The molecular formula is C8H13BrO5. The molecule has 0 rings (SSSR count). The van der Waals surface area contributed by atoms with E-state index in [2.05, 4.69) is 25.4 Å². The minimum atomic E-state index is -1.08. The Balaban J connectivity index is 3.99. The van der Waals surface area contributed by atoms with Gasteiger partial charge in [-0.15, -0.1) is 0 Å². The normalized spacial score (nSPS) is 14.3. The molecule has 0 aromatic carbocycles. The lowest BCUT2D eigenvalue weighted by atomic mass is 10.2. The van der Waals surface area contributed by atoms with Crippen molar-refractivity contribution >= 4 is 27.9 Å². The molecule has 0 saturated carbocycles. The molecular weight excluding hydrogens is 256 g/mol. The lowest BCUT2D eigenvalue weighted by Gasteiger charge is -2.16. The SMILES string of the molecule is CCOC(=O)C(=O)OC(C)C(O)CBr. The van der Waals surface area contributed by atoms with E-state index in [1.54, 1.807) is 6.92 Å². The summed E-state index contributed by atoms with van der Waals surface area (Å²) in [6, 6.07) is 0. The fourth-order valence-electron chi connectivity index (χ4n) is 0.611. The second kappa shape index (κ2) is 6.78. The number of carbonyl (C=O) groups is 2. The van der Waals surface area contributed by atoms with Crippen LogP contribution >= 0.6 is 15.9 Å². The van der Waals surface area contributed by atoms with Crippen molar-refractivity contribution in [1.29, 1.82) is 0 Å². The molecule has 0 bridgehead atoms. The highest BCUT2D eigenvalue weighted by Gasteiger charge is 2.23. The number of aliphatic hydroxyl groups excluding tert-OH is 1. The van der Waals surface area contributed by atoms with Crippen LogP contribution in [0.25, 0.3) is 0 Å². The highest BCUT2D eigenvalue weighted by atomic mass is 79.9. The Morgan fingerprint density at radius 3 is 2.43 bits per heavy atom. The third-order valence-corrected chi connectivity index (χ3v) is 2.10.